The predicted octanol–water partition coefficient (Wildman–Crippen LogP) is 6.63. The van der Waals surface area contributed by atoms with Gasteiger partial charge in [0.25, 0.3) is 0 Å². The lowest BCUT2D eigenvalue weighted by Gasteiger charge is -2.29. The maximum Gasteiger partial charge on any atom is 0.133 e. The number of allylic oxidation sites excluding steroid dienone is 2. The Morgan fingerprint density at radius 1 is 0.958 bits per heavy atom. The molecule has 0 bridgehead atoms. The highest BCUT2D eigenvalue weighted by atomic mass is 16.5. The lowest BCUT2D eigenvalue weighted by Crippen LogP contribution is -2.17. The largest absolute Gasteiger partial charge is 0.494 e. The number of carbonyl (C=O) groups is 1. The predicted molar refractivity (Wildman–Crippen MR) is 105 cm³/mol. The van der Waals surface area contributed by atoms with E-state index in [4.69, 9.17) is 4.74 Å². The third-order valence-electron chi connectivity index (χ3n) is 4.50. The summed E-state index contributed by atoms with van der Waals surface area (Å²) in [6.45, 7) is 20.9. The first-order valence-electron chi connectivity index (χ1n) is 9.16. The van der Waals surface area contributed by atoms with Crippen molar-refractivity contribution in [2.75, 3.05) is 6.61 Å². The van der Waals surface area contributed by atoms with Gasteiger partial charge < -0.3 is 4.74 Å². The van der Waals surface area contributed by atoms with Gasteiger partial charge in [0.05, 0.1) is 5.76 Å². The molecule has 0 rings (SSSR count). The zero-order chi connectivity index (χ0) is 18.6. The van der Waals surface area contributed by atoms with Gasteiger partial charge in [-0.05, 0) is 36.5 Å². The van der Waals surface area contributed by atoms with E-state index in [1.54, 1.807) is 6.08 Å². The third-order valence-corrected chi connectivity index (χ3v) is 4.50. The van der Waals surface area contributed by atoms with E-state index in [9.17, 15) is 4.79 Å². The molecular formula is C22H38O2. The van der Waals surface area contributed by atoms with Gasteiger partial charge in [0.1, 0.15) is 12.4 Å². The van der Waals surface area contributed by atoms with Gasteiger partial charge in [0.2, 0.25) is 0 Å². The van der Waals surface area contributed by atoms with Crippen LogP contribution in [0.1, 0.15) is 79.1 Å². The molecule has 0 amide bonds. The second kappa shape index (κ2) is 11.3. The van der Waals surface area contributed by atoms with Gasteiger partial charge in [0, 0.05) is 19.3 Å². The summed E-state index contributed by atoms with van der Waals surface area (Å²) in [5.74, 6) is 1.20. The van der Waals surface area contributed by atoms with Crippen molar-refractivity contribution in [3.05, 3.63) is 37.6 Å². The van der Waals surface area contributed by atoms with Crippen LogP contribution in [-0.4, -0.2) is 12.4 Å². The number of Topliss-reactive ketones (excluding diaryl/α,β-unsaturated/α-hetero) is 1. The summed E-state index contributed by atoms with van der Waals surface area (Å²) < 4.78 is 5.51. The highest BCUT2D eigenvalue weighted by molar-refractivity contribution is 5.78. The molecule has 0 fully saturated rings. The quantitative estimate of drug-likeness (QED) is 0.248. The van der Waals surface area contributed by atoms with Crippen molar-refractivity contribution >= 4 is 5.78 Å². The van der Waals surface area contributed by atoms with Gasteiger partial charge in [-0.15, -0.1) is 6.58 Å². The fourth-order valence-corrected chi connectivity index (χ4v) is 2.89. The van der Waals surface area contributed by atoms with Crippen LogP contribution in [0.2, 0.25) is 0 Å². The molecule has 0 aliphatic carbocycles. The smallest absolute Gasteiger partial charge is 0.133 e. The SMILES string of the molecule is C=CCCC(=O)CCC(C)(C)CCCC(C)(C)CC(=C)OCC=C. The Morgan fingerprint density at radius 2 is 1.58 bits per heavy atom. The third kappa shape index (κ3) is 12.2. The number of carbonyl (C=O) groups excluding carboxylic acids is 1. The van der Waals surface area contributed by atoms with Gasteiger partial charge in [0.15, 0.2) is 0 Å². The second-order valence-corrected chi connectivity index (χ2v) is 8.36. The van der Waals surface area contributed by atoms with Crippen molar-refractivity contribution in [3.63, 3.8) is 0 Å². The average molecular weight is 335 g/mol. The van der Waals surface area contributed by atoms with E-state index in [0.29, 0.717) is 25.2 Å². The van der Waals surface area contributed by atoms with E-state index in [2.05, 4.69) is 47.4 Å². The molecule has 0 saturated carbocycles. The minimum Gasteiger partial charge on any atom is -0.494 e. The first-order chi connectivity index (χ1) is 11.1. The first kappa shape index (κ1) is 22.7. The molecule has 0 unspecified atom stereocenters. The highest BCUT2D eigenvalue weighted by Crippen LogP contribution is 2.35. The van der Waals surface area contributed by atoms with E-state index >= 15 is 0 Å². The zero-order valence-corrected chi connectivity index (χ0v) is 16.5. The van der Waals surface area contributed by atoms with Gasteiger partial charge in [-0.25, -0.2) is 0 Å². The van der Waals surface area contributed by atoms with Crippen molar-refractivity contribution in [2.45, 2.75) is 79.1 Å². The minimum absolute atomic E-state index is 0.189. The van der Waals surface area contributed by atoms with Crippen LogP contribution in [0.25, 0.3) is 0 Å². The molecule has 0 aromatic heterocycles. The molecule has 2 nitrogen and oxygen atoms in total. The Labute approximate surface area is 150 Å². The van der Waals surface area contributed by atoms with Crippen molar-refractivity contribution in [1.29, 1.82) is 0 Å². The van der Waals surface area contributed by atoms with E-state index in [0.717, 1.165) is 44.3 Å². The van der Waals surface area contributed by atoms with Crippen LogP contribution in [-0.2, 0) is 9.53 Å². The summed E-state index contributed by atoms with van der Waals surface area (Å²) in [5, 5.41) is 0. The van der Waals surface area contributed by atoms with Crippen molar-refractivity contribution in [2.24, 2.45) is 10.8 Å². The van der Waals surface area contributed by atoms with Crippen molar-refractivity contribution < 1.29 is 9.53 Å². The molecule has 0 aliphatic heterocycles. The Bertz CT molecular complexity index is 416. The van der Waals surface area contributed by atoms with Crippen molar-refractivity contribution in [3.8, 4) is 0 Å². The Kier molecular flexibility index (Phi) is 10.7. The molecule has 0 spiro atoms. The standard InChI is InChI=1S/C22H38O2/c1-8-10-12-20(23)13-16-21(4,5)14-11-15-22(6,7)18-19(3)24-17-9-2/h8-9H,1-3,10-18H2,4-7H3. The molecule has 0 aromatic carbocycles. The van der Waals surface area contributed by atoms with Crippen LogP contribution in [0.4, 0.5) is 0 Å². The molecule has 0 aromatic rings. The van der Waals surface area contributed by atoms with Crippen LogP contribution in [0.3, 0.4) is 0 Å². The molecule has 0 saturated heterocycles. The van der Waals surface area contributed by atoms with Gasteiger partial charge >= 0.3 is 0 Å². The van der Waals surface area contributed by atoms with E-state index < -0.39 is 0 Å². The summed E-state index contributed by atoms with van der Waals surface area (Å²) in [4.78, 5) is 11.8. The average Bonchev–Trinajstić information content (AvgIpc) is 2.48. The van der Waals surface area contributed by atoms with Gasteiger partial charge in [-0.2, -0.15) is 0 Å². The lowest BCUT2D eigenvalue weighted by molar-refractivity contribution is -0.119. The molecule has 0 atom stereocenters. The molecule has 0 N–H and O–H groups in total. The monoisotopic (exact) mass is 334 g/mol. The van der Waals surface area contributed by atoms with Crippen LogP contribution < -0.4 is 0 Å². The van der Waals surface area contributed by atoms with Crippen LogP contribution in [0.15, 0.2) is 37.6 Å². The Balaban J connectivity index is 4.12. The van der Waals surface area contributed by atoms with Gasteiger partial charge in [-0.1, -0.05) is 59.4 Å². The number of ether oxygens (including phenoxy) is 1. The fourth-order valence-electron chi connectivity index (χ4n) is 2.89. The topological polar surface area (TPSA) is 26.3 Å². The lowest BCUT2D eigenvalue weighted by atomic mass is 9.77. The summed E-state index contributed by atoms with van der Waals surface area (Å²) in [6, 6.07) is 0. The highest BCUT2D eigenvalue weighted by Gasteiger charge is 2.23. The molecular weight excluding hydrogens is 296 g/mol. The Hall–Kier alpha value is -1.31. The first-order valence-corrected chi connectivity index (χ1v) is 9.16. The van der Waals surface area contributed by atoms with Crippen LogP contribution in [0.5, 0.6) is 0 Å². The number of hydrogen-bond donors (Lipinski definition) is 0. The molecule has 0 radical (unpaired) electrons. The number of hydrogen-bond acceptors (Lipinski definition) is 2. The van der Waals surface area contributed by atoms with E-state index in [1.165, 1.54) is 0 Å². The molecule has 0 heterocycles. The summed E-state index contributed by atoms with van der Waals surface area (Å²) in [6.07, 6.45) is 11.0. The molecule has 0 aliphatic rings. The number of ketones is 1. The van der Waals surface area contributed by atoms with Crippen molar-refractivity contribution in [1.82, 2.24) is 0 Å². The maximum atomic E-state index is 11.8. The molecule has 2 heteroatoms. The van der Waals surface area contributed by atoms with Crippen LogP contribution >= 0.6 is 0 Å². The van der Waals surface area contributed by atoms with E-state index in [1.807, 2.05) is 6.08 Å². The minimum atomic E-state index is 0.189. The van der Waals surface area contributed by atoms with E-state index in [-0.39, 0.29) is 10.8 Å². The normalized spacial score (nSPS) is 11.8. The zero-order valence-electron chi connectivity index (χ0n) is 16.5. The fraction of sp³-hybridized carbons (Fsp3) is 0.682. The summed E-state index contributed by atoms with van der Waals surface area (Å²) in [7, 11) is 0. The Morgan fingerprint density at radius 3 is 2.17 bits per heavy atom. The molecule has 138 valence electrons. The van der Waals surface area contributed by atoms with Gasteiger partial charge in [-0.3, -0.25) is 4.79 Å². The second-order valence-electron chi connectivity index (χ2n) is 8.36. The summed E-state index contributed by atoms with van der Waals surface area (Å²) in [5.41, 5.74) is 0.407. The number of rotatable bonds is 15. The summed E-state index contributed by atoms with van der Waals surface area (Å²) >= 11 is 0. The maximum absolute atomic E-state index is 11.8. The molecule has 24 heavy (non-hydrogen) atoms. The van der Waals surface area contributed by atoms with Crippen LogP contribution in [0, 0.1) is 10.8 Å².